The summed E-state index contributed by atoms with van der Waals surface area (Å²) in [4.78, 5) is 33.4. The molecule has 22 heavy (non-hydrogen) atoms. The van der Waals surface area contributed by atoms with Crippen molar-refractivity contribution >= 4 is 5.82 Å². The molecule has 116 valence electrons. The third-order valence-electron chi connectivity index (χ3n) is 4.27. The summed E-state index contributed by atoms with van der Waals surface area (Å²) in [6.07, 6.45) is 5.89. The lowest BCUT2D eigenvalue weighted by atomic mass is 9.84. The lowest BCUT2D eigenvalue weighted by Gasteiger charge is -2.23. The molecule has 3 rings (SSSR count). The fourth-order valence-corrected chi connectivity index (χ4v) is 3.22. The third kappa shape index (κ3) is 3.10. The molecule has 6 nitrogen and oxygen atoms in total. The van der Waals surface area contributed by atoms with Crippen molar-refractivity contribution in [1.82, 2.24) is 15.0 Å². The van der Waals surface area contributed by atoms with Gasteiger partial charge in [0, 0.05) is 23.4 Å². The number of hydrogen-bond acceptors (Lipinski definition) is 4. The summed E-state index contributed by atoms with van der Waals surface area (Å²) in [7, 11) is 0. The standard InChI is InChI=1S/C16H20N4O2/c17-13-8-4-7-11(18-13)9-12-14(10-5-2-1-3-6-10)19-16(22)20-15(12)21/h4,7-8,10H,1-3,5-6,9H2,(H2,17,18)(H2,19,20,21,22). The molecule has 2 aromatic heterocycles. The zero-order chi connectivity index (χ0) is 15.5. The second-order valence-corrected chi connectivity index (χ2v) is 5.87. The SMILES string of the molecule is Nc1cccc(Cc2c(C3CCCCC3)[nH]c(=O)[nH]c2=O)n1. The van der Waals surface area contributed by atoms with E-state index in [-0.39, 0.29) is 11.5 Å². The van der Waals surface area contributed by atoms with Gasteiger partial charge in [-0.15, -0.1) is 0 Å². The van der Waals surface area contributed by atoms with E-state index in [0.29, 0.717) is 17.8 Å². The number of anilines is 1. The van der Waals surface area contributed by atoms with Crippen molar-refractivity contribution in [2.75, 3.05) is 5.73 Å². The van der Waals surface area contributed by atoms with Gasteiger partial charge in [-0.1, -0.05) is 25.3 Å². The zero-order valence-corrected chi connectivity index (χ0v) is 12.4. The number of H-pyrrole nitrogens is 2. The number of nitrogen functional groups attached to an aromatic ring is 1. The second kappa shape index (κ2) is 6.17. The van der Waals surface area contributed by atoms with Crippen LogP contribution in [-0.4, -0.2) is 15.0 Å². The van der Waals surface area contributed by atoms with Crippen molar-refractivity contribution in [3.05, 3.63) is 56.0 Å². The van der Waals surface area contributed by atoms with Crippen molar-refractivity contribution in [2.24, 2.45) is 0 Å². The molecule has 1 aliphatic rings. The van der Waals surface area contributed by atoms with Crippen molar-refractivity contribution in [1.29, 1.82) is 0 Å². The number of aromatic amines is 2. The van der Waals surface area contributed by atoms with Crippen molar-refractivity contribution in [3.8, 4) is 0 Å². The first kappa shape index (κ1) is 14.6. The molecule has 0 saturated heterocycles. The quantitative estimate of drug-likeness (QED) is 0.802. The van der Waals surface area contributed by atoms with Crippen LogP contribution in [0.4, 0.5) is 5.82 Å². The number of hydrogen-bond donors (Lipinski definition) is 3. The van der Waals surface area contributed by atoms with Crippen LogP contribution < -0.4 is 17.0 Å². The average Bonchev–Trinajstić information content (AvgIpc) is 2.51. The highest BCUT2D eigenvalue weighted by Crippen LogP contribution is 2.32. The minimum atomic E-state index is -0.435. The maximum Gasteiger partial charge on any atom is 0.325 e. The topological polar surface area (TPSA) is 105 Å². The normalized spacial score (nSPS) is 15.8. The molecular weight excluding hydrogens is 280 g/mol. The minimum absolute atomic E-state index is 0.250. The van der Waals surface area contributed by atoms with E-state index in [4.69, 9.17) is 5.73 Å². The van der Waals surface area contributed by atoms with Crippen molar-refractivity contribution in [2.45, 2.75) is 44.4 Å². The van der Waals surface area contributed by atoms with Crippen LogP contribution in [0.3, 0.4) is 0 Å². The average molecular weight is 300 g/mol. The van der Waals surface area contributed by atoms with E-state index in [1.165, 1.54) is 6.42 Å². The highest BCUT2D eigenvalue weighted by atomic mass is 16.2. The molecular formula is C16H20N4O2. The van der Waals surface area contributed by atoms with E-state index in [2.05, 4.69) is 15.0 Å². The summed E-state index contributed by atoms with van der Waals surface area (Å²) in [5.74, 6) is 0.678. The molecule has 0 amide bonds. The highest BCUT2D eigenvalue weighted by molar-refractivity contribution is 5.32. The Morgan fingerprint density at radius 3 is 2.64 bits per heavy atom. The predicted octanol–water partition coefficient (Wildman–Crippen LogP) is 1.68. The van der Waals surface area contributed by atoms with Gasteiger partial charge < -0.3 is 10.7 Å². The second-order valence-electron chi connectivity index (χ2n) is 5.87. The summed E-state index contributed by atoms with van der Waals surface area (Å²) in [5, 5.41) is 0. The molecule has 0 bridgehead atoms. The summed E-state index contributed by atoms with van der Waals surface area (Å²) in [6.45, 7) is 0. The van der Waals surface area contributed by atoms with E-state index >= 15 is 0 Å². The van der Waals surface area contributed by atoms with E-state index in [1.54, 1.807) is 6.07 Å². The van der Waals surface area contributed by atoms with Crippen LogP contribution in [0.15, 0.2) is 27.8 Å². The number of nitrogens with two attached hydrogens (primary N) is 1. The first-order valence-electron chi connectivity index (χ1n) is 7.70. The summed E-state index contributed by atoms with van der Waals surface area (Å²) < 4.78 is 0. The number of nitrogens with one attached hydrogen (secondary N) is 2. The van der Waals surface area contributed by atoms with Crippen LogP contribution in [0.25, 0.3) is 0 Å². The minimum Gasteiger partial charge on any atom is -0.384 e. The zero-order valence-electron chi connectivity index (χ0n) is 12.4. The Kier molecular flexibility index (Phi) is 4.09. The molecule has 1 fully saturated rings. The van der Waals surface area contributed by atoms with Crippen LogP contribution >= 0.6 is 0 Å². The molecule has 2 heterocycles. The van der Waals surface area contributed by atoms with Gasteiger partial charge in [0.25, 0.3) is 5.56 Å². The third-order valence-corrected chi connectivity index (χ3v) is 4.27. The maximum absolute atomic E-state index is 12.3. The Labute approximate surface area is 127 Å². The number of aromatic nitrogens is 3. The van der Waals surface area contributed by atoms with Gasteiger partial charge in [-0.3, -0.25) is 9.78 Å². The Morgan fingerprint density at radius 2 is 1.91 bits per heavy atom. The van der Waals surface area contributed by atoms with Crippen molar-refractivity contribution < 1.29 is 0 Å². The molecule has 0 aromatic carbocycles. The van der Waals surface area contributed by atoms with Crippen LogP contribution in [0.2, 0.25) is 0 Å². The predicted molar refractivity (Wildman–Crippen MR) is 85.0 cm³/mol. The fraction of sp³-hybridized carbons (Fsp3) is 0.438. The molecule has 1 saturated carbocycles. The Morgan fingerprint density at radius 1 is 1.14 bits per heavy atom. The van der Waals surface area contributed by atoms with Gasteiger partial charge in [0.2, 0.25) is 0 Å². The molecule has 0 radical (unpaired) electrons. The van der Waals surface area contributed by atoms with Crippen LogP contribution in [-0.2, 0) is 6.42 Å². The highest BCUT2D eigenvalue weighted by Gasteiger charge is 2.22. The molecule has 0 atom stereocenters. The summed E-state index contributed by atoms with van der Waals surface area (Å²) >= 11 is 0. The Balaban J connectivity index is 2.01. The van der Waals surface area contributed by atoms with Gasteiger partial charge in [-0.2, -0.15) is 0 Å². The molecule has 1 aliphatic carbocycles. The van der Waals surface area contributed by atoms with E-state index in [0.717, 1.165) is 37.1 Å². The number of nitrogens with zero attached hydrogens (tertiary/aromatic N) is 1. The smallest absolute Gasteiger partial charge is 0.325 e. The molecule has 2 aromatic rings. The molecule has 4 N–H and O–H groups in total. The first-order valence-corrected chi connectivity index (χ1v) is 7.70. The molecule has 0 spiro atoms. The van der Waals surface area contributed by atoms with E-state index in [9.17, 15) is 9.59 Å². The summed E-state index contributed by atoms with van der Waals surface area (Å²) in [5.41, 5.74) is 7.05. The summed E-state index contributed by atoms with van der Waals surface area (Å²) in [6, 6.07) is 5.37. The van der Waals surface area contributed by atoms with Gasteiger partial charge in [0.05, 0.1) is 0 Å². The van der Waals surface area contributed by atoms with Gasteiger partial charge >= 0.3 is 5.69 Å². The number of rotatable bonds is 3. The van der Waals surface area contributed by atoms with Crippen molar-refractivity contribution in [3.63, 3.8) is 0 Å². The monoisotopic (exact) mass is 300 g/mol. The van der Waals surface area contributed by atoms with Crippen LogP contribution in [0.5, 0.6) is 0 Å². The van der Waals surface area contributed by atoms with E-state index in [1.807, 2.05) is 12.1 Å². The largest absolute Gasteiger partial charge is 0.384 e. The van der Waals surface area contributed by atoms with Gasteiger partial charge in [0.15, 0.2) is 0 Å². The molecule has 6 heteroatoms. The maximum atomic E-state index is 12.3. The lowest BCUT2D eigenvalue weighted by Crippen LogP contribution is -2.30. The van der Waals surface area contributed by atoms with E-state index < -0.39 is 5.69 Å². The fourth-order valence-electron chi connectivity index (χ4n) is 3.22. The van der Waals surface area contributed by atoms with Crippen LogP contribution in [0, 0.1) is 0 Å². The molecule has 0 aliphatic heterocycles. The Bertz CT molecular complexity index is 772. The number of pyridine rings is 1. The van der Waals surface area contributed by atoms with Gasteiger partial charge in [-0.05, 0) is 30.9 Å². The van der Waals surface area contributed by atoms with Gasteiger partial charge in [-0.25, -0.2) is 9.78 Å². The lowest BCUT2D eigenvalue weighted by molar-refractivity contribution is 0.432. The first-order chi connectivity index (χ1) is 10.6. The Hall–Kier alpha value is -2.37. The van der Waals surface area contributed by atoms with Gasteiger partial charge in [0.1, 0.15) is 5.82 Å². The molecule has 0 unspecified atom stereocenters. The van der Waals surface area contributed by atoms with Crippen LogP contribution in [0.1, 0.15) is 55.0 Å².